The van der Waals surface area contributed by atoms with E-state index in [4.69, 9.17) is 14.5 Å². The van der Waals surface area contributed by atoms with Gasteiger partial charge in [-0.2, -0.15) is 4.89 Å². The highest BCUT2D eigenvalue weighted by Crippen LogP contribution is 2.25. The zero-order valence-electron chi connectivity index (χ0n) is 17.5. The van der Waals surface area contributed by atoms with E-state index >= 15 is 0 Å². The highest BCUT2D eigenvalue weighted by molar-refractivity contribution is 5.91. The Morgan fingerprint density at radius 3 is 2.07 bits per heavy atom. The lowest BCUT2D eigenvalue weighted by atomic mass is 10.1. The van der Waals surface area contributed by atoms with Crippen molar-refractivity contribution in [3.8, 4) is 11.5 Å². The molecule has 0 saturated heterocycles. The molecule has 0 N–H and O–H groups in total. The van der Waals surface area contributed by atoms with Crippen LogP contribution in [0.25, 0.3) is 0 Å². The number of esters is 1. The van der Waals surface area contributed by atoms with E-state index in [2.05, 4.69) is 26.0 Å². The third-order valence-corrected chi connectivity index (χ3v) is 5.04. The van der Waals surface area contributed by atoms with Gasteiger partial charge in [0.2, 0.25) is 0 Å². The van der Waals surface area contributed by atoms with E-state index in [0.29, 0.717) is 23.7 Å². The lowest BCUT2D eigenvalue weighted by molar-refractivity contribution is -0.217. The number of hydrogen-bond acceptors (Lipinski definition) is 4. The molecule has 4 nitrogen and oxygen atoms in total. The van der Waals surface area contributed by atoms with E-state index in [9.17, 15) is 4.79 Å². The van der Waals surface area contributed by atoms with Crippen LogP contribution in [0.5, 0.6) is 11.5 Å². The van der Waals surface area contributed by atoms with Crippen molar-refractivity contribution in [1.29, 1.82) is 0 Å². The first-order valence-corrected chi connectivity index (χ1v) is 9.59. The van der Waals surface area contributed by atoms with Crippen molar-refractivity contribution < 1.29 is 19.3 Å². The van der Waals surface area contributed by atoms with Gasteiger partial charge in [0.15, 0.2) is 5.75 Å². The quantitative estimate of drug-likeness (QED) is 0.225. The van der Waals surface area contributed by atoms with Crippen molar-refractivity contribution in [3.63, 3.8) is 0 Å². The Balaban J connectivity index is 1.59. The summed E-state index contributed by atoms with van der Waals surface area (Å²) in [7, 11) is 0. The summed E-state index contributed by atoms with van der Waals surface area (Å²) in [4.78, 5) is 23.2. The van der Waals surface area contributed by atoms with E-state index in [-0.39, 0.29) is 5.97 Å². The molecular formula is C25H26O4. The summed E-state index contributed by atoms with van der Waals surface area (Å²) in [5, 5.41) is 0. The minimum Gasteiger partial charge on any atom is -0.423 e. The number of rotatable bonds is 6. The number of carbonyl (C=O) groups is 1. The van der Waals surface area contributed by atoms with Gasteiger partial charge in [0.05, 0.1) is 5.56 Å². The molecule has 0 unspecified atom stereocenters. The standard InChI is InChI=1S/C25H26O4/c1-16-6-8-21(12-18(16)3)15-27-29-23-10-11-24(20(5)14-23)28-25(26)22-9-7-17(2)19(4)13-22/h6-14H,15H2,1-5H3. The summed E-state index contributed by atoms with van der Waals surface area (Å²) < 4.78 is 5.54. The third-order valence-electron chi connectivity index (χ3n) is 5.04. The van der Waals surface area contributed by atoms with Gasteiger partial charge >= 0.3 is 5.97 Å². The van der Waals surface area contributed by atoms with Crippen LogP contribution in [-0.4, -0.2) is 5.97 Å². The van der Waals surface area contributed by atoms with Crippen molar-refractivity contribution in [1.82, 2.24) is 0 Å². The Morgan fingerprint density at radius 2 is 1.41 bits per heavy atom. The SMILES string of the molecule is Cc1ccc(COOc2ccc(OC(=O)c3ccc(C)c(C)c3)c(C)c2)cc1C. The fourth-order valence-corrected chi connectivity index (χ4v) is 2.87. The molecular weight excluding hydrogens is 364 g/mol. The maximum Gasteiger partial charge on any atom is 0.343 e. The highest BCUT2D eigenvalue weighted by atomic mass is 17.2. The normalized spacial score (nSPS) is 10.7. The van der Waals surface area contributed by atoms with Crippen LogP contribution in [0.15, 0.2) is 54.6 Å². The number of hydrogen-bond donors (Lipinski definition) is 0. The number of aryl methyl sites for hydroxylation is 5. The van der Waals surface area contributed by atoms with Gasteiger partial charge in [0.25, 0.3) is 0 Å². The van der Waals surface area contributed by atoms with Crippen LogP contribution in [0.1, 0.15) is 43.7 Å². The van der Waals surface area contributed by atoms with Crippen molar-refractivity contribution in [2.24, 2.45) is 0 Å². The molecule has 0 saturated carbocycles. The van der Waals surface area contributed by atoms with Gasteiger partial charge in [-0.25, -0.2) is 4.79 Å². The summed E-state index contributed by atoms with van der Waals surface area (Å²) in [6, 6.07) is 16.9. The van der Waals surface area contributed by atoms with Crippen LogP contribution < -0.4 is 9.62 Å². The maximum atomic E-state index is 12.4. The second-order valence-electron chi connectivity index (χ2n) is 7.38. The molecule has 150 valence electrons. The molecule has 0 fully saturated rings. The zero-order valence-corrected chi connectivity index (χ0v) is 17.5. The molecule has 0 atom stereocenters. The van der Waals surface area contributed by atoms with Crippen LogP contribution in [0.2, 0.25) is 0 Å². The van der Waals surface area contributed by atoms with Crippen LogP contribution in [0.4, 0.5) is 0 Å². The topological polar surface area (TPSA) is 44.8 Å². The Hall–Kier alpha value is -3.11. The van der Waals surface area contributed by atoms with E-state index < -0.39 is 0 Å². The molecule has 0 aliphatic carbocycles. The number of carbonyl (C=O) groups excluding carboxylic acids is 1. The molecule has 0 heterocycles. The lowest BCUT2D eigenvalue weighted by Crippen LogP contribution is -2.10. The molecule has 3 rings (SSSR count). The van der Waals surface area contributed by atoms with E-state index in [1.54, 1.807) is 24.3 Å². The average Bonchev–Trinajstić information content (AvgIpc) is 2.68. The van der Waals surface area contributed by atoms with E-state index in [1.165, 1.54) is 11.1 Å². The van der Waals surface area contributed by atoms with Gasteiger partial charge in [-0.05, 0) is 98.3 Å². The van der Waals surface area contributed by atoms with E-state index in [1.807, 2.05) is 39.0 Å². The summed E-state index contributed by atoms with van der Waals surface area (Å²) in [5.74, 6) is 0.669. The van der Waals surface area contributed by atoms with Crippen molar-refractivity contribution in [3.05, 3.63) is 93.5 Å². The molecule has 0 radical (unpaired) electrons. The van der Waals surface area contributed by atoms with Crippen LogP contribution in [-0.2, 0) is 11.5 Å². The van der Waals surface area contributed by atoms with Crippen LogP contribution in [0.3, 0.4) is 0 Å². The molecule has 4 heteroatoms. The van der Waals surface area contributed by atoms with E-state index in [0.717, 1.165) is 22.3 Å². The van der Waals surface area contributed by atoms with Gasteiger partial charge in [-0.15, -0.1) is 0 Å². The Labute approximate surface area is 172 Å². The molecule has 0 aliphatic rings. The average molecular weight is 390 g/mol. The molecule has 3 aromatic rings. The van der Waals surface area contributed by atoms with Gasteiger partial charge in [0, 0.05) is 0 Å². The lowest BCUT2D eigenvalue weighted by Gasteiger charge is -2.11. The molecule has 3 aromatic carbocycles. The monoisotopic (exact) mass is 390 g/mol. The summed E-state index contributed by atoms with van der Waals surface area (Å²) in [6.07, 6.45) is 0. The maximum absolute atomic E-state index is 12.4. The molecule has 0 spiro atoms. The minimum absolute atomic E-state index is 0.351. The molecule has 0 aliphatic heterocycles. The smallest absolute Gasteiger partial charge is 0.343 e. The second-order valence-corrected chi connectivity index (χ2v) is 7.38. The fraction of sp³-hybridized carbons (Fsp3) is 0.240. The summed E-state index contributed by atoms with van der Waals surface area (Å²) in [5.41, 5.74) is 7.02. The Morgan fingerprint density at radius 1 is 0.724 bits per heavy atom. The predicted molar refractivity (Wildman–Crippen MR) is 113 cm³/mol. The fourth-order valence-electron chi connectivity index (χ4n) is 2.87. The zero-order chi connectivity index (χ0) is 21.0. The first-order valence-electron chi connectivity index (χ1n) is 9.59. The highest BCUT2D eigenvalue weighted by Gasteiger charge is 2.12. The van der Waals surface area contributed by atoms with Gasteiger partial charge < -0.3 is 9.62 Å². The second kappa shape index (κ2) is 8.93. The summed E-state index contributed by atoms with van der Waals surface area (Å²) in [6.45, 7) is 10.3. The number of benzene rings is 3. The minimum atomic E-state index is -0.379. The van der Waals surface area contributed by atoms with Crippen molar-refractivity contribution in [2.45, 2.75) is 41.2 Å². The van der Waals surface area contributed by atoms with Gasteiger partial charge in [-0.3, -0.25) is 0 Å². The van der Waals surface area contributed by atoms with Crippen LogP contribution >= 0.6 is 0 Å². The van der Waals surface area contributed by atoms with Crippen LogP contribution in [0, 0.1) is 34.6 Å². The third kappa shape index (κ3) is 5.24. The van der Waals surface area contributed by atoms with Crippen molar-refractivity contribution in [2.75, 3.05) is 0 Å². The molecule has 0 aromatic heterocycles. The van der Waals surface area contributed by atoms with Gasteiger partial charge in [0.1, 0.15) is 12.4 Å². The molecule has 0 amide bonds. The summed E-state index contributed by atoms with van der Waals surface area (Å²) >= 11 is 0. The predicted octanol–water partition coefficient (Wildman–Crippen LogP) is 5.96. The molecule has 29 heavy (non-hydrogen) atoms. The Kier molecular flexibility index (Phi) is 6.35. The Bertz CT molecular complexity index is 1040. The molecule has 0 bridgehead atoms. The first kappa shape index (κ1) is 20.6. The first-order chi connectivity index (χ1) is 13.8. The number of ether oxygens (including phenoxy) is 1. The van der Waals surface area contributed by atoms with Crippen molar-refractivity contribution >= 4 is 5.97 Å². The largest absolute Gasteiger partial charge is 0.423 e. The van der Waals surface area contributed by atoms with Gasteiger partial charge in [-0.1, -0.05) is 24.3 Å².